The molecule has 174 valence electrons. The van der Waals surface area contributed by atoms with Crippen molar-refractivity contribution in [2.45, 2.75) is 20.0 Å². The molecule has 1 saturated heterocycles. The number of nitrogens with zero attached hydrogens (tertiary/aromatic N) is 5. The van der Waals surface area contributed by atoms with E-state index in [9.17, 15) is 5.11 Å². The standard InChI is InChI=1S/C25H23ClFN5O2/c1-14-9-21(27)20(11-18(14)25(33)19-12-23(26)31-30-15(19)2)24-17-4-3-16(10-22(17)28-13-29-24)32-5-7-34-8-6-32/h3-4,9-13,25,33H,5-8H2,1-2H3. The van der Waals surface area contributed by atoms with Crippen molar-refractivity contribution in [3.05, 3.63) is 76.1 Å². The number of benzene rings is 2. The summed E-state index contributed by atoms with van der Waals surface area (Å²) in [6, 6.07) is 10.5. The number of aryl methyl sites for hydroxylation is 2. The summed E-state index contributed by atoms with van der Waals surface area (Å²) in [4.78, 5) is 11.1. The fourth-order valence-electron chi connectivity index (χ4n) is 4.33. The number of hydrogen-bond acceptors (Lipinski definition) is 7. The number of aliphatic hydroxyl groups excluding tert-OH is 1. The largest absolute Gasteiger partial charge is 0.384 e. The third-order valence-corrected chi connectivity index (χ3v) is 6.37. The Kier molecular flexibility index (Phi) is 6.12. The molecule has 5 rings (SSSR count). The van der Waals surface area contributed by atoms with Crippen molar-refractivity contribution in [1.82, 2.24) is 20.2 Å². The molecule has 2 aromatic heterocycles. The van der Waals surface area contributed by atoms with E-state index in [2.05, 4.69) is 25.1 Å². The van der Waals surface area contributed by atoms with Crippen molar-refractivity contribution < 1.29 is 14.2 Å². The van der Waals surface area contributed by atoms with Crippen LogP contribution in [-0.2, 0) is 4.74 Å². The van der Waals surface area contributed by atoms with Gasteiger partial charge < -0.3 is 14.7 Å². The van der Waals surface area contributed by atoms with Gasteiger partial charge in [-0.1, -0.05) is 11.6 Å². The van der Waals surface area contributed by atoms with Gasteiger partial charge >= 0.3 is 0 Å². The molecule has 1 atom stereocenters. The molecule has 34 heavy (non-hydrogen) atoms. The molecule has 1 aliphatic rings. The average Bonchev–Trinajstić information content (AvgIpc) is 2.85. The van der Waals surface area contributed by atoms with Crippen molar-refractivity contribution in [3.63, 3.8) is 0 Å². The van der Waals surface area contributed by atoms with Crippen LogP contribution in [0.1, 0.15) is 28.5 Å². The smallest absolute Gasteiger partial charge is 0.152 e. The molecule has 1 unspecified atom stereocenters. The van der Waals surface area contributed by atoms with Crippen LogP contribution < -0.4 is 4.90 Å². The maximum atomic E-state index is 15.2. The number of halogens is 2. The predicted molar refractivity (Wildman–Crippen MR) is 129 cm³/mol. The van der Waals surface area contributed by atoms with Gasteiger partial charge in [-0.15, -0.1) is 5.10 Å². The fourth-order valence-corrected chi connectivity index (χ4v) is 4.49. The molecule has 0 saturated carbocycles. The van der Waals surface area contributed by atoms with Crippen LogP contribution in [0.25, 0.3) is 22.2 Å². The minimum atomic E-state index is -1.05. The third kappa shape index (κ3) is 4.20. The number of morpholine rings is 1. The van der Waals surface area contributed by atoms with Crippen molar-refractivity contribution in [3.8, 4) is 11.3 Å². The Morgan fingerprint density at radius 1 is 1.03 bits per heavy atom. The number of hydrogen-bond donors (Lipinski definition) is 1. The molecule has 7 nitrogen and oxygen atoms in total. The Bertz CT molecular complexity index is 1380. The highest BCUT2D eigenvalue weighted by Gasteiger charge is 2.21. The molecule has 0 spiro atoms. The topological polar surface area (TPSA) is 84.3 Å². The van der Waals surface area contributed by atoms with Crippen LogP contribution in [0.5, 0.6) is 0 Å². The zero-order valence-electron chi connectivity index (χ0n) is 18.8. The number of ether oxygens (including phenoxy) is 1. The summed E-state index contributed by atoms with van der Waals surface area (Å²) >= 11 is 6.00. The van der Waals surface area contributed by atoms with E-state index in [4.69, 9.17) is 16.3 Å². The number of anilines is 1. The Labute approximate surface area is 201 Å². The zero-order valence-corrected chi connectivity index (χ0v) is 19.6. The van der Waals surface area contributed by atoms with E-state index in [1.165, 1.54) is 12.4 Å². The zero-order chi connectivity index (χ0) is 23.8. The second-order valence-electron chi connectivity index (χ2n) is 8.32. The molecule has 0 bridgehead atoms. The minimum Gasteiger partial charge on any atom is -0.384 e. The minimum absolute atomic E-state index is 0.178. The summed E-state index contributed by atoms with van der Waals surface area (Å²) in [5, 5.41) is 19.8. The average molecular weight is 480 g/mol. The van der Waals surface area contributed by atoms with Crippen molar-refractivity contribution in [2.24, 2.45) is 0 Å². The molecule has 0 amide bonds. The van der Waals surface area contributed by atoms with Gasteiger partial charge in [0.05, 0.1) is 30.1 Å². The van der Waals surface area contributed by atoms with Crippen LogP contribution in [0.2, 0.25) is 5.15 Å². The molecule has 0 radical (unpaired) electrons. The van der Waals surface area contributed by atoms with Gasteiger partial charge in [0.1, 0.15) is 18.2 Å². The molecule has 0 aliphatic carbocycles. The van der Waals surface area contributed by atoms with E-state index in [1.54, 1.807) is 26.0 Å². The normalized spacial score (nSPS) is 15.0. The first-order valence-corrected chi connectivity index (χ1v) is 11.4. The SMILES string of the molecule is Cc1cc(F)c(-c2ncnc3cc(N4CCOCC4)ccc23)cc1C(O)c1cc(Cl)nnc1C. The lowest BCUT2D eigenvalue weighted by molar-refractivity contribution is 0.122. The Morgan fingerprint density at radius 2 is 1.82 bits per heavy atom. The van der Waals surface area contributed by atoms with E-state index in [0.29, 0.717) is 41.3 Å². The van der Waals surface area contributed by atoms with E-state index < -0.39 is 11.9 Å². The number of fused-ring (bicyclic) bond motifs is 1. The molecular formula is C25H23ClFN5O2. The number of aliphatic hydroxyl groups is 1. The molecular weight excluding hydrogens is 457 g/mol. The number of aromatic nitrogens is 4. The van der Waals surface area contributed by atoms with Gasteiger partial charge in [-0.2, -0.15) is 5.10 Å². The Hall–Kier alpha value is -3.20. The molecule has 3 heterocycles. The summed E-state index contributed by atoms with van der Waals surface area (Å²) in [5.41, 5.74) is 4.72. The lowest BCUT2D eigenvalue weighted by Crippen LogP contribution is -2.36. The van der Waals surface area contributed by atoms with E-state index in [0.717, 1.165) is 29.7 Å². The highest BCUT2D eigenvalue weighted by molar-refractivity contribution is 6.29. The summed E-state index contributed by atoms with van der Waals surface area (Å²) in [5.74, 6) is -0.423. The van der Waals surface area contributed by atoms with E-state index in [-0.39, 0.29) is 10.7 Å². The van der Waals surface area contributed by atoms with Gasteiger partial charge in [-0.25, -0.2) is 14.4 Å². The molecule has 4 aromatic rings. The first kappa shape index (κ1) is 22.6. The van der Waals surface area contributed by atoms with Crippen LogP contribution in [0.15, 0.2) is 42.7 Å². The summed E-state index contributed by atoms with van der Waals surface area (Å²) in [7, 11) is 0. The molecule has 1 N–H and O–H groups in total. The quantitative estimate of drug-likeness (QED) is 0.464. The van der Waals surface area contributed by atoms with Gasteiger partial charge in [0.15, 0.2) is 5.15 Å². The summed E-state index contributed by atoms with van der Waals surface area (Å²) < 4.78 is 20.7. The van der Waals surface area contributed by atoms with Crippen molar-refractivity contribution in [2.75, 3.05) is 31.2 Å². The monoisotopic (exact) mass is 479 g/mol. The van der Waals surface area contributed by atoms with Crippen molar-refractivity contribution in [1.29, 1.82) is 0 Å². The van der Waals surface area contributed by atoms with E-state index in [1.807, 2.05) is 18.2 Å². The highest BCUT2D eigenvalue weighted by Crippen LogP contribution is 2.35. The molecule has 2 aromatic carbocycles. The Morgan fingerprint density at radius 3 is 2.62 bits per heavy atom. The molecule has 1 aliphatic heterocycles. The predicted octanol–water partition coefficient (Wildman–Crippen LogP) is 4.41. The maximum Gasteiger partial charge on any atom is 0.152 e. The first-order valence-electron chi connectivity index (χ1n) is 11.0. The van der Waals surface area contributed by atoms with Crippen molar-refractivity contribution >= 4 is 28.2 Å². The third-order valence-electron chi connectivity index (χ3n) is 6.18. The summed E-state index contributed by atoms with van der Waals surface area (Å²) in [6.45, 7) is 6.49. The highest BCUT2D eigenvalue weighted by atomic mass is 35.5. The van der Waals surface area contributed by atoms with Gasteiger partial charge in [0.2, 0.25) is 0 Å². The van der Waals surface area contributed by atoms with Gasteiger partial charge in [0.25, 0.3) is 0 Å². The van der Waals surface area contributed by atoms with Crippen LogP contribution in [-0.4, -0.2) is 51.6 Å². The van der Waals surface area contributed by atoms with Crippen LogP contribution in [0.3, 0.4) is 0 Å². The molecule has 9 heteroatoms. The second-order valence-corrected chi connectivity index (χ2v) is 8.71. The second kappa shape index (κ2) is 9.21. The maximum absolute atomic E-state index is 15.2. The first-order chi connectivity index (χ1) is 16.4. The van der Waals surface area contributed by atoms with Crippen LogP contribution >= 0.6 is 11.6 Å². The lowest BCUT2D eigenvalue weighted by Gasteiger charge is -2.29. The van der Waals surface area contributed by atoms with Gasteiger partial charge in [0, 0.05) is 35.3 Å². The van der Waals surface area contributed by atoms with Crippen LogP contribution in [0.4, 0.5) is 10.1 Å². The van der Waals surface area contributed by atoms with Crippen LogP contribution in [0, 0.1) is 19.7 Å². The van der Waals surface area contributed by atoms with Gasteiger partial charge in [-0.05, 0) is 61.4 Å². The number of rotatable bonds is 4. The Balaban J connectivity index is 1.59. The lowest BCUT2D eigenvalue weighted by atomic mass is 9.93. The summed E-state index contributed by atoms with van der Waals surface area (Å²) in [6.07, 6.45) is 0.390. The van der Waals surface area contributed by atoms with Gasteiger partial charge in [-0.3, -0.25) is 0 Å². The van der Waals surface area contributed by atoms with E-state index >= 15 is 4.39 Å². The fraction of sp³-hybridized carbons (Fsp3) is 0.280. The molecule has 1 fully saturated rings.